The van der Waals surface area contributed by atoms with Gasteiger partial charge in [-0.3, -0.25) is 0 Å². The van der Waals surface area contributed by atoms with Crippen LogP contribution in [-0.4, -0.2) is 28.2 Å². The average molecular weight is 791 g/mol. The first-order valence-electron chi connectivity index (χ1n) is 21.1. The Hall–Kier alpha value is -8.48. The monoisotopic (exact) mass is 790 g/mol. The topological polar surface area (TPSA) is 45.5 Å². The SMILES string of the molecule is c1ccc2c(c1)c1ccccc1n2-c1ccc(-n2c3ccccc3c3nc4cc5c(nc4cc32)c2ccccc2n5-c2ccc(-n3c4ccccc4c4ccccc43)cc2)cc1. The van der Waals surface area contributed by atoms with E-state index < -0.39 is 0 Å². The van der Waals surface area contributed by atoms with Crippen LogP contribution in [0.25, 0.3) is 121 Å². The molecule has 0 aliphatic heterocycles. The van der Waals surface area contributed by atoms with Crippen LogP contribution in [0.5, 0.6) is 0 Å². The summed E-state index contributed by atoms with van der Waals surface area (Å²) in [6, 6.07) is 74.1. The second kappa shape index (κ2) is 12.5. The predicted octanol–water partition coefficient (Wildman–Crippen LogP) is 14.0. The van der Waals surface area contributed by atoms with Crippen molar-refractivity contribution in [2.75, 3.05) is 0 Å². The summed E-state index contributed by atoms with van der Waals surface area (Å²) in [5.41, 5.74) is 17.1. The van der Waals surface area contributed by atoms with E-state index in [1.165, 1.54) is 43.6 Å². The van der Waals surface area contributed by atoms with Crippen molar-refractivity contribution < 1.29 is 0 Å². The lowest BCUT2D eigenvalue weighted by molar-refractivity contribution is 1.14. The summed E-state index contributed by atoms with van der Waals surface area (Å²) in [6.07, 6.45) is 0. The van der Waals surface area contributed by atoms with Gasteiger partial charge < -0.3 is 18.3 Å². The number of benzene rings is 8. The largest absolute Gasteiger partial charge is 0.309 e. The fourth-order valence-electron chi connectivity index (χ4n) is 10.3. The summed E-state index contributed by atoms with van der Waals surface area (Å²) < 4.78 is 9.39. The van der Waals surface area contributed by atoms with E-state index in [-0.39, 0.29) is 0 Å². The highest BCUT2D eigenvalue weighted by atomic mass is 15.0. The molecule has 0 unspecified atom stereocenters. The molecule has 62 heavy (non-hydrogen) atoms. The summed E-state index contributed by atoms with van der Waals surface area (Å²) >= 11 is 0. The van der Waals surface area contributed by atoms with Crippen molar-refractivity contribution in [2.24, 2.45) is 0 Å². The van der Waals surface area contributed by atoms with Crippen molar-refractivity contribution in [1.29, 1.82) is 0 Å². The lowest BCUT2D eigenvalue weighted by Gasteiger charge is -2.12. The maximum atomic E-state index is 5.44. The third-order valence-corrected chi connectivity index (χ3v) is 12.9. The van der Waals surface area contributed by atoms with Crippen LogP contribution < -0.4 is 0 Å². The van der Waals surface area contributed by atoms with Gasteiger partial charge in [-0.25, -0.2) is 9.97 Å². The Balaban J connectivity index is 0.931. The quantitative estimate of drug-likeness (QED) is 0.178. The van der Waals surface area contributed by atoms with Gasteiger partial charge >= 0.3 is 0 Å². The van der Waals surface area contributed by atoms with Gasteiger partial charge in [-0.1, -0.05) is 109 Å². The smallest absolute Gasteiger partial charge is 0.0972 e. The molecular formula is C56H34N6. The van der Waals surface area contributed by atoms with Gasteiger partial charge in [-0.2, -0.15) is 0 Å². The average Bonchev–Trinajstić information content (AvgIpc) is 4.05. The maximum absolute atomic E-state index is 5.44. The van der Waals surface area contributed by atoms with Crippen LogP contribution in [0.4, 0.5) is 0 Å². The van der Waals surface area contributed by atoms with E-state index >= 15 is 0 Å². The molecule has 0 amide bonds. The standard InChI is InChI=1S/C56H34N6/c1-7-19-47-39(13-1)40-14-2-8-20-48(40)59(47)35-25-29-37(30-26-35)61-51-23-11-5-17-43(51)55-53(61)33-45-46(57-55)34-54-56(58-45)44-18-6-12-24-52(44)62(54)38-31-27-36(28-32-38)60-49-21-9-3-15-41(49)42-16-4-10-22-50(42)60/h1-34H. The molecule has 14 aromatic rings. The van der Waals surface area contributed by atoms with Gasteiger partial charge in [-0.15, -0.1) is 0 Å². The van der Waals surface area contributed by atoms with Gasteiger partial charge in [0.15, 0.2) is 0 Å². The molecule has 0 spiro atoms. The number of pyridine rings is 2. The molecule has 0 radical (unpaired) electrons. The number of hydrogen-bond donors (Lipinski definition) is 0. The Morgan fingerprint density at radius 1 is 0.226 bits per heavy atom. The summed E-state index contributed by atoms with van der Waals surface area (Å²) in [6.45, 7) is 0. The maximum Gasteiger partial charge on any atom is 0.0972 e. The first-order chi connectivity index (χ1) is 30.8. The molecule has 8 aromatic carbocycles. The molecule has 0 fully saturated rings. The Morgan fingerprint density at radius 3 is 0.742 bits per heavy atom. The van der Waals surface area contributed by atoms with E-state index in [2.05, 4.69) is 225 Å². The van der Waals surface area contributed by atoms with Crippen molar-refractivity contribution in [3.63, 3.8) is 0 Å². The van der Waals surface area contributed by atoms with E-state index in [9.17, 15) is 0 Å². The van der Waals surface area contributed by atoms with Crippen molar-refractivity contribution in [3.8, 4) is 22.7 Å². The van der Waals surface area contributed by atoms with Gasteiger partial charge in [0.2, 0.25) is 0 Å². The number of nitrogens with zero attached hydrogens (tertiary/aromatic N) is 6. The third-order valence-electron chi connectivity index (χ3n) is 12.9. The molecule has 0 saturated carbocycles. The van der Waals surface area contributed by atoms with Crippen LogP contribution in [0.1, 0.15) is 0 Å². The second-order valence-corrected chi connectivity index (χ2v) is 16.2. The minimum atomic E-state index is 0.862. The van der Waals surface area contributed by atoms with Crippen LogP contribution in [0.15, 0.2) is 206 Å². The van der Waals surface area contributed by atoms with Crippen LogP contribution in [0.3, 0.4) is 0 Å². The van der Waals surface area contributed by atoms with E-state index in [4.69, 9.17) is 9.97 Å². The number of fused-ring (bicyclic) bond motifs is 13. The molecule has 14 rings (SSSR count). The van der Waals surface area contributed by atoms with E-state index in [0.717, 1.165) is 77.7 Å². The molecule has 0 atom stereocenters. The Kier molecular flexibility index (Phi) is 6.74. The minimum Gasteiger partial charge on any atom is -0.309 e. The lowest BCUT2D eigenvalue weighted by Crippen LogP contribution is -1.98. The highest BCUT2D eigenvalue weighted by Crippen LogP contribution is 2.38. The summed E-state index contributed by atoms with van der Waals surface area (Å²) in [4.78, 5) is 10.9. The molecule has 6 heterocycles. The first kappa shape index (κ1) is 33.4. The van der Waals surface area contributed by atoms with E-state index in [1.54, 1.807) is 0 Å². The van der Waals surface area contributed by atoms with Crippen LogP contribution >= 0.6 is 0 Å². The summed E-state index contributed by atoms with van der Waals surface area (Å²) in [7, 11) is 0. The lowest BCUT2D eigenvalue weighted by atomic mass is 10.2. The van der Waals surface area contributed by atoms with Crippen LogP contribution in [0, 0.1) is 0 Å². The number of aromatic nitrogens is 6. The van der Waals surface area contributed by atoms with Gasteiger partial charge in [0.1, 0.15) is 0 Å². The normalized spacial score (nSPS) is 12.2. The fraction of sp³-hybridized carbons (Fsp3) is 0. The zero-order chi connectivity index (χ0) is 40.5. The zero-order valence-electron chi connectivity index (χ0n) is 33.3. The van der Waals surface area contributed by atoms with Gasteiger partial charge in [-0.05, 0) is 97.1 Å². The Labute approximate surface area is 354 Å². The number of rotatable bonds is 4. The van der Waals surface area contributed by atoms with Gasteiger partial charge in [0.05, 0.1) is 66.2 Å². The van der Waals surface area contributed by atoms with Crippen LogP contribution in [-0.2, 0) is 0 Å². The highest BCUT2D eigenvalue weighted by molar-refractivity contribution is 6.14. The minimum absolute atomic E-state index is 0.862. The van der Waals surface area contributed by atoms with Crippen molar-refractivity contribution in [2.45, 2.75) is 0 Å². The van der Waals surface area contributed by atoms with Crippen molar-refractivity contribution in [1.82, 2.24) is 28.2 Å². The molecule has 6 aromatic heterocycles. The molecule has 0 bridgehead atoms. The van der Waals surface area contributed by atoms with E-state index in [1.807, 2.05) is 0 Å². The highest BCUT2D eigenvalue weighted by Gasteiger charge is 2.20. The number of hydrogen-bond acceptors (Lipinski definition) is 2. The Bertz CT molecular complexity index is 3770. The van der Waals surface area contributed by atoms with Crippen molar-refractivity contribution >= 4 is 98.5 Å². The number of para-hydroxylation sites is 6. The molecule has 6 heteroatoms. The molecule has 0 N–H and O–H groups in total. The summed E-state index contributed by atoms with van der Waals surface area (Å²) in [5, 5.41) is 7.24. The van der Waals surface area contributed by atoms with Gasteiger partial charge in [0.25, 0.3) is 0 Å². The molecular weight excluding hydrogens is 757 g/mol. The zero-order valence-corrected chi connectivity index (χ0v) is 33.3. The first-order valence-corrected chi connectivity index (χ1v) is 21.1. The van der Waals surface area contributed by atoms with E-state index in [0.29, 0.717) is 0 Å². The van der Waals surface area contributed by atoms with Crippen LogP contribution in [0.2, 0.25) is 0 Å². The molecule has 6 nitrogen and oxygen atoms in total. The molecule has 0 aliphatic carbocycles. The van der Waals surface area contributed by atoms with Crippen molar-refractivity contribution in [3.05, 3.63) is 206 Å². The Morgan fingerprint density at radius 2 is 0.452 bits per heavy atom. The second-order valence-electron chi connectivity index (χ2n) is 16.2. The predicted molar refractivity (Wildman–Crippen MR) is 257 cm³/mol. The summed E-state index contributed by atoms with van der Waals surface area (Å²) in [5.74, 6) is 0. The molecule has 288 valence electrons. The van der Waals surface area contributed by atoms with Gasteiger partial charge in [0, 0.05) is 55.1 Å². The third kappa shape index (κ3) is 4.58. The molecule has 0 aliphatic rings. The fourth-order valence-corrected chi connectivity index (χ4v) is 10.3. The molecule has 0 saturated heterocycles.